The van der Waals surface area contributed by atoms with Gasteiger partial charge >= 0.3 is 346 Å². The maximum absolute atomic E-state index is 10.9. The van der Waals surface area contributed by atoms with E-state index in [1.165, 1.54) is 37.8 Å². The number of hydrogen-bond donors (Lipinski definition) is 0. The third kappa shape index (κ3) is 10.5. The predicted molar refractivity (Wildman–Crippen MR) is 246 cm³/mol. The van der Waals surface area contributed by atoms with E-state index >= 15 is 0 Å². The van der Waals surface area contributed by atoms with Gasteiger partial charge < -0.3 is 0 Å². The van der Waals surface area contributed by atoms with Gasteiger partial charge in [0, 0.05) is 0 Å². The van der Waals surface area contributed by atoms with E-state index in [-0.39, 0.29) is 20.5 Å². The van der Waals surface area contributed by atoms with Gasteiger partial charge in [-0.05, 0) is 0 Å². The van der Waals surface area contributed by atoms with Crippen molar-refractivity contribution >= 4 is 37.9 Å². The maximum atomic E-state index is 10.9. The van der Waals surface area contributed by atoms with Crippen molar-refractivity contribution in [1.29, 1.82) is 0 Å². The fourth-order valence-electron chi connectivity index (χ4n) is 7.28. The molecule has 4 aromatic rings. The van der Waals surface area contributed by atoms with Crippen molar-refractivity contribution in [2.24, 2.45) is 0 Å². The van der Waals surface area contributed by atoms with Gasteiger partial charge in [-0.1, -0.05) is 0 Å². The molecule has 55 heavy (non-hydrogen) atoms. The van der Waals surface area contributed by atoms with Crippen molar-refractivity contribution in [2.75, 3.05) is 0 Å². The molecule has 295 valence electrons. The minimum atomic E-state index is -2.79. The summed E-state index contributed by atoms with van der Waals surface area (Å²) in [5.41, 5.74) is 11.8. The molecule has 0 bridgehead atoms. The van der Waals surface area contributed by atoms with Crippen molar-refractivity contribution in [3.63, 3.8) is 0 Å². The van der Waals surface area contributed by atoms with Crippen molar-refractivity contribution in [1.82, 2.24) is 0 Å². The Bertz CT molecular complexity index is 1830. The molecule has 0 aliphatic carbocycles. The Hall–Kier alpha value is -2.61. The van der Waals surface area contributed by atoms with Crippen LogP contribution in [0.3, 0.4) is 0 Å². The van der Waals surface area contributed by atoms with Crippen molar-refractivity contribution in [3.05, 3.63) is 142 Å². The van der Waals surface area contributed by atoms with E-state index in [1.807, 2.05) is 0 Å². The monoisotopic (exact) mass is 816 g/mol. The molecule has 0 saturated heterocycles. The van der Waals surface area contributed by atoms with Gasteiger partial charge in [-0.25, -0.2) is 0 Å². The Morgan fingerprint density at radius 1 is 0.564 bits per heavy atom. The van der Waals surface area contributed by atoms with Crippen LogP contribution in [0.1, 0.15) is 187 Å². The number of rotatable bonds is 10. The van der Waals surface area contributed by atoms with Crippen LogP contribution in [-0.4, -0.2) is 14.7 Å². The summed E-state index contributed by atoms with van der Waals surface area (Å²) in [6.45, 7) is 52.9. The zero-order valence-corrected chi connectivity index (χ0v) is 40.7. The summed E-state index contributed by atoms with van der Waals surface area (Å²) < 4.78 is 9.42. The molecular formula is C52H71GeOP-. The first-order valence-electron chi connectivity index (χ1n) is 20.5. The van der Waals surface area contributed by atoms with E-state index in [0.717, 1.165) is 27.5 Å². The van der Waals surface area contributed by atoms with E-state index in [4.69, 9.17) is 3.76 Å². The van der Waals surface area contributed by atoms with Crippen LogP contribution in [0.5, 0.6) is 0 Å². The summed E-state index contributed by atoms with van der Waals surface area (Å²) in [4.78, 5) is 0. The van der Waals surface area contributed by atoms with Crippen LogP contribution in [0.25, 0.3) is 5.57 Å². The van der Waals surface area contributed by atoms with Crippen LogP contribution in [0.2, 0.25) is 4.25 Å². The third-order valence-corrected chi connectivity index (χ3v) is 18.5. The van der Waals surface area contributed by atoms with Gasteiger partial charge in [0.2, 0.25) is 0 Å². The molecular weight excluding hydrogens is 744 g/mol. The van der Waals surface area contributed by atoms with Gasteiger partial charge in [-0.3, -0.25) is 0 Å². The standard InChI is InChI=1S/C52H71GeOP/c1-34(2)39-30-41(35(3)4)46(42(31-39)36(5)6)53(52(16,17)18)54-48(45(37-26-22-20-23-27-37)38-28-24-21-25-29-38)55(19)47-43(50(10,11)12)32-40(49(7,8)9)33-44(47)51(13,14)15/h20-36H,1-18H3/q-1. The van der Waals surface area contributed by atoms with E-state index in [0.29, 0.717) is 17.8 Å². The number of benzene rings is 4. The first-order valence-corrected chi connectivity index (χ1v) is 24.8. The SMILES string of the molecule is [C-]P(C([O][Ge]([c]1c(C(C)C)cc(C(C)C)cc1C(C)C)[C](C)(C)C)=C(c1ccccc1)c1ccccc1)c1c(C(C)(C)C)cc(C(C)(C)C)cc1C(C)(C)C. The zero-order valence-electron chi connectivity index (χ0n) is 37.7. The summed E-state index contributed by atoms with van der Waals surface area (Å²) in [6.07, 6.45) is 0. The Kier molecular flexibility index (Phi) is 14.0. The molecule has 0 heterocycles. The molecule has 0 spiro atoms. The van der Waals surface area contributed by atoms with Gasteiger partial charge in [-0.15, -0.1) is 0 Å². The predicted octanol–water partition coefficient (Wildman–Crippen LogP) is 14.7. The van der Waals surface area contributed by atoms with Crippen LogP contribution >= 0.6 is 7.92 Å². The molecule has 1 unspecified atom stereocenters. The Morgan fingerprint density at radius 2 is 0.964 bits per heavy atom. The fraction of sp³-hybridized carbons (Fsp3) is 0.481. The van der Waals surface area contributed by atoms with Gasteiger partial charge in [0.25, 0.3) is 0 Å². The second kappa shape index (κ2) is 17.1. The zero-order chi connectivity index (χ0) is 41.4. The summed E-state index contributed by atoms with van der Waals surface area (Å²) in [6, 6.07) is 31.3. The Labute approximate surface area is 344 Å². The van der Waals surface area contributed by atoms with Gasteiger partial charge in [0.15, 0.2) is 0 Å². The van der Waals surface area contributed by atoms with Gasteiger partial charge in [0.05, 0.1) is 0 Å². The molecule has 0 amide bonds. The van der Waals surface area contributed by atoms with Crippen LogP contribution < -0.4 is 9.70 Å². The fourth-order valence-corrected chi connectivity index (χ4v) is 16.0. The normalized spacial score (nSPS) is 13.6. The van der Waals surface area contributed by atoms with E-state index in [2.05, 4.69) is 210 Å². The van der Waals surface area contributed by atoms with Gasteiger partial charge in [0.1, 0.15) is 0 Å². The molecule has 0 aromatic heterocycles. The first-order chi connectivity index (χ1) is 25.2. The molecule has 3 radical (unpaired) electrons. The van der Waals surface area contributed by atoms with Crippen molar-refractivity contribution in [3.8, 4) is 0 Å². The van der Waals surface area contributed by atoms with E-state index in [9.17, 15) is 6.66 Å². The third-order valence-electron chi connectivity index (χ3n) is 10.6. The van der Waals surface area contributed by atoms with Crippen LogP contribution in [0.4, 0.5) is 0 Å². The second-order valence-electron chi connectivity index (χ2n) is 20.6. The van der Waals surface area contributed by atoms with E-state index < -0.39 is 22.6 Å². The van der Waals surface area contributed by atoms with Crippen molar-refractivity contribution < 1.29 is 3.76 Å². The molecule has 0 aliphatic rings. The Morgan fingerprint density at radius 3 is 1.27 bits per heavy atom. The molecule has 1 nitrogen and oxygen atoms in total. The number of hydrogen-bond acceptors (Lipinski definition) is 1. The summed E-state index contributed by atoms with van der Waals surface area (Å²) in [5, 5.41) is 1.15. The van der Waals surface area contributed by atoms with Gasteiger partial charge in [-0.2, -0.15) is 0 Å². The van der Waals surface area contributed by atoms with Crippen LogP contribution in [0, 0.1) is 6.66 Å². The molecule has 0 aliphatic heterocycles. The average Bonchev–Trinajstić information content (AvgIpc) is 3.07. The minimum absolute atomic E-state index is 0.0357. The summed E-state index contributed by atoms with van der Waals surface area (Å²) in [5.74, 6) is 1.12. The molecule has 0 fully saturated rings. The molecule has 0 saturated carbocycles. The van der Waals surface area contributed by atoms with Crippen LogP contribution in [0.15, 0.2) is 90.4 Å². The summed E-state index contributed by atoms with van der Waals surface area (Å²) >= 11 is -2.79. The van der Waals surface area contributed by atoms with Crippen molar-refractivity contribution in [2.45, 2.75) is 163 Å². The van der Waals surface area contributed by atoms with Crippen LogP contribution in [-0.2, 0) is 20.0 Å². The quantitative estimate of drug-likeness (QED) is 0.0671. The Balaban J connectivity index is 2.28. The first kappa shape index (κ1) is 45.1. The molecule has 3 heteroatoms. The molecule has 4 rings (SSSR count). The molecule has 4 aromatic carbocycles. The molecule has 0 N–H and O–H groups in total. The molecule has 1 atom stereocenters. The van der Waals surface area contributed by atoms with E-state index in [1.54, 1.807) is 0 Å². The average molecular weight is 816 g/mol. The summed E-state index contributed by atoms with van der Waals surface area (Å²) in [7, 11) is -1.73. The second-order valence-corrected chi connectivity index (χ2v) is 28.2. The topological polar surface area (TPSA) is 9.23 Å².